The number of nitrogens with one attached hydrogen (secondary N) is 1. The number of halogens is 1. The van der Waals surface area contributed by atoms with E-state index in [2.05, 4.69) is 25.9 Å². The molecule has 4 nitrogen and oxygen atoms in total. The van der Waals surface area contributed by atoms with E-state index in [4.69, 9.17) is 4.74 Å². The second-order valence-electron chi connectivity index (χ2n) is 4.31. The van der Waals surface area contributed by atoms with E-state index >= 15 is 0 Å². The minimum Gasteiger partial charge on any atom is -0.378 e. The van der Waals surface area contributed by atoms with Crippen LogP contribution in [0.4, 0.5) is 0 Å². The highest BCUT2D eigenvalue weighted by Crippen LogP contribution is 2.14. The molecule has 1 N–H and O–H groups in total. The van der Waals surface area contributed by atoms with Crippen LogP contribution in [-0.4, -0.2) is 17.1 Å². The molecular weight excluding hydrogens is 308 g/mol. The van der Waals surface area contributed by atoms with E-state index in [0.29, 0.717) is 29.0 Å². The molecule has 0 unspecified atom stereocenters. The summed E-state index contributed by atoms with van der Waals surface area (Å²) >= 11 is 3.23. The molecule has 19 heavy (non-hydrogen) atoms. The third-order valence-electron chi connectivity index (χ3n) is 2.88. The number of hydrogen-bond acceptors (Lipinski definition) is 3. The predicted molar refractivity (Wildman–Crippen MR) is 77.3 cm³/mol. The molecule has 1 aromatic heterocycles. The molecule has 0 bridgehead atoms. The lowest BCUT2D eigenvalue weighted by atomic mass is 10.1. The van der Waals surface area contributed by atoms with Gasteiger partial charge in [-0.1, -0.05) is 24.3 Å². The number of aromatic amines is 1. The second-order valence-corrected chi connectivity index (χ2v) is 5.10. The Labute approximate surface area is 120 Å². The Kier molecular flexibility index (Phi) is 4.50. The smallest absolute Gasteiger partial charge is 0.265 e. The van der Waals surface area contributed by atoms with Crippen LogP contribution in [0.3, 0.4) is 0 Å². The van der Waals surface area contributed by atoms with E-state index in [1.807, 2.05) is 31.2 Å². The summed E-state index contributed by atoms with van der Waals surface area (Å²) in [5.74, 6) is 0.648. The third kappa shape index (κ3) is 3.30. The van der Waals surface area contributed by atoms with Gasteiger partial charge in [-0.05, 0) is 34.0 Å². The average Bonchev–Trinajstić information content (AvgIpc) is 2.38. The molecular formula is C14H15BrN2O2. The van der Waals surface area contributed by atoms with Gasteiger partial charge in [-0.2, -0.15) is 0 Å². The first-order valence-corrected chi connectivity index (χ1v) is 6.72. The molecule has 0 amide bonds. The van der Waals surface area contributed by atoms with Crippen molar-refractivity contribution in [3.63, 3.8) is 0 Å². The van der Waals surface area contributed by atoms with Crippen molar-refractivity contribution in [2.45, 2.75) is 20.0 Å². The van der Waals surface area contributed by atoms with Crippen molar-refractivity contribution in [3.8, 4) is 0 Å². The Balaban J connectivity index is 2.36. The largest absolute Gasteiger partial charge is 0.378 e. The van der Waals surface area contributed by atoms with Crippen molar-refractivity contribution in [2.75, 3.05) is 7.11 Å². The number of nitrogens with zero attached hydrogens (tertiary/aromatic N) is 1. The van der Waals surface area contributed by atoms with Gasteiger partial charge < -0.3 is 9.72 Å². The number of ether oxygens (including phenoxy) is 1. The first kappa shape index (κ1) is 14.0. The fourth-order valence-corrected chi connectivity index (χ4v) is 2.16. The number of aryl methyl sites for hydroxylation is 1. The van der Waals surface area contributed by atoms with E-state index < -0.39 is 0 Å². The van der Waals surface area contributed by atoms with Crippen molar-refractivity contribution in [1.29, 1.82) is 0 Å². The zero-order valence-electron chi connectivity index (χ0n) is 10.9. The van der Waals surface area contributed by atoms with Crippen molar-refractivity contribution in [3.05, 3.63) is 61.7 Å². The van der Waals surface area contributed by atoms with Crippen LogP contribution in [0, 0.1) is 6.92 Å². The molecule has 2 rings (SSSR count). The van der Waals surface area contributed by atoms with E-state index in [1.165, 1.54) is 5.56 Å². The Morgan fingerprint density at radius 3 is 2.79 bits per heavy atom. The summed E-state index contributed by atoms with van der Waals surface area (Å²) in [6.45, 7) is 2.35. The van der Waals surface area contributed by atoms with Crippen LogP contribution in [0.5, 0.6) is 0 Å². The lowest BCUT2D eigenvalue weighted by Gasteiger charge is -2.08. The molecule has 0 saturated heterocycles. The number of methoxy groups -OCH3 is 1. The zero-order chi connectivity index (χ0) is 13.8. The summed E-state index contributed by atoms with van der Waals surface area (Å²) < 4.78 is 5.48. The van der Waals surface area contributed by atoms with Gasteiger partial charge in [0.25, 0.3) is 5.56 Å². The highest BCUT2D eigenvalue weighted by Gasteiger charge is 2.09. The van der Waals surface area contributed by atoms with E-state index in [-0.39, 0.29) is 5.56 Å². The fraction of sp³-hybridized carbons (Fsp3) is 0.286. The molecule has 5 heteroatoms. The average molecular weight is 323 g/mol. The first-order valence-electron chi connectivity index (χ1n) is 5.93. The molecule has 0 spiro atoms. The second kappa shape index (κ2) is 6.12. The molecule has 0 radical (unpaired) electrons. The van der Waals surface area contributed by atoms with Crippen LogP contribution in [0.2, 0.25) is 0 Å². The minimum absolute atomic E-state index is 0.175. The van der Waals surface area contributed by atoms with E-state index in [0.717, 1.165) is 5.56 Å². The highest BCUT2D eigenvalue weighted by atomic mass is 79.9. The molecule has 0 saturated carbocycles. The van der Waals surface area contributed by atoms with Gasteiger partial charge in [-0.25, -0.2) is 4.98 Å². The zero-order valence-corrected chi connectivity index (χ0v) is 12.5. The van der Waals surface area contributed by atoms with Gasteiger partial charge in [-0.3, -0.25) is 4.79 Å². The van der Waals surface area contributed by atoms with Crippen molar-refractivity contribution in [1.82, 2.24) is 9.97 Å². The standard InChI is InChI=1S/C14H15BrN2O2/c1-9-5-3-4-6-10(9)7-12-16-11(8-19-2)13(15)14(18)17-12/h3-6H,7-8H2,1-2H3,(H,16,17,18). The van der Waals surface area contributed by atoms with Crippen LogP contribution in [0.15, 0.2) is 33.5 Å². The monoisotopic (exact) mass is 322 g/mol. The van der Waals surface area contributed by atoms with Crippen LogP contribution < -0.4 is 5.56 Å². The molecule has 2 aromatic rings. The highest BCUT2D eigenvalue weighted by molar-refractivity contribution is 9.10. The summed E-state index contributed by atoms with van der Waals surface area (Å²) in [5, 5.41) is 0. The molecule has 0 aliphatic rings. The topological polar surface area (TPSA) is 55.0 Å². The van der Waals surface area contributed by atoms with Gasteiger partial charge in [-0.15, -0.1) is 0 Å². The summed E-state index contributed by atoms with van der Waals surface area (Å²) in [7, 11) is 1.58. The lowest BCUT2D eigenvalue weighted by molar-refractivity contribution is 0.180. The summed E-state index contributed by atoms with van der Waals surface area (Å²) in [6.07, 6.45) is 0.603. The molecule has 0 fully saturated rings. The normalized spacial score (nSPS) is 10.7. The van der Waals surface area contributed by atoms with Gasteiger partial charge in [0.1, 0.15) is 10.3 Å². The molecule has 1 aromatic carbocycles. The number of hydrogen-bond donors (Lipinski definition) is 1. The molecule has 0 atom stereocenters. The Hall–Kier alpha value is -1.46. The van der Waals surface area contributed by atoms with E-state index in [9.17, 15) is 4.79 Å². The Morgan fingerprint density at radius 1 is 1.37 bits per heavy atom. The SMILES string of the molecule is COCc1nc(Cc2ccccc2C)[nH]c(=O)c1Br. The maximum Gasteiger partial charge on any atom is 0.265 e. The van der Waals surface area contributed by atoms with Crippen LogP contribution in [0.1, 0.15) is 22.6 Å². The van der Waals surface area contributed by atoms with Crippen molar-refractivity contribution < 1.29 is 4.74 Å². The summed E-state index contributed by atoms with van der Waals surface area (Å²) in [6, 6.07) is 8.05. The number of rotatable bonds is 4. The Morgan fingerprint density at radius 2 is 2.11 bits per heavy atom. The van der Waals surface area contributed by atoms with Gasteiger partial charge >= 0.3 is 0 Å². The molecule has 100 valence electrons. The maximum atomic E-state index is 11.8. The van der Waals surface area contributed by atoms with Crippen LogP contribution >= 0.6 is 15.9 Å². The first-order chi connectivity index (χ1) is 9.11. The summed E-state index contributed by atoms with van der Waals surface area (Å²) in [4.78, 5) is 19.0. The van der Waals surface area contributed by atoms with Crippen molar-refractivity contribution >= 4 is 15.9 Å². The number of aromatic nitrogens is 2. The summed E-state index contributed by atoms with van der Waals surface area (Å²) in [5.41, 5.74) is 2.78. The van der Waals surface area contributed by atoms with Gasteiger partial charge in [0, 0.05) is 13.5 Å². The number of benzene rings is 1. The van der Waals surface area contributed by atoms with Crippen LogP contribution in [0.25, 0.3) is 0 Å². The predicted octanol–water partition coefficient (Wildman–Crippen LogP) is 2.58. The van der Waals surface area contributed by atoms with Crippen LogP contribution in [-0.2, 0) is 17.8 Å². The van der Waals surface area contributed by atoms with Crippen molar-refractivity contribution in [2.24, 2.45) is 0 Å². The molecule has 0 aliphatic carbocycles. The van der Waals surface area contributed by atoms with Gasteiger partial charge in [0.15, 0.2) is 0 Å². The minimum atomic E-state index is -0.175. The lowest BCUT2D eigenvalue weighted by Crippen LogP contribution is -2.16. The molecule has 0 aliphatic heterocycles. The van der Waals surface area contributed by atoms with E-state index in [1.54, 1.807) is 7.11 Å². The van der Waals surface area contributed by atoms with Gasteiger partial charge in [0.2, 0.25) is 0 Å². The number of H-pyrrole nitrogens is 1. The molecule has 1 heterocycles. The van der Waals surface area contributed by atoms with Gasteiger partial charge in [0.05, 0.1) is 12.3 Å². The maximum absolute atomic E-state index is 11.8. The fourth-order valence-electron chi connectivity index (χ4n) is 1.86. The third-order valence-corrected chi connectivity index (χ3v) is 3.70. The Bertz CT molecular complexity index is 638. The quantitative estimate of drug-likeness (QED) is 0.941.